The van der Waals surface area contributed by atoms with Crippen LogP contribution in [0.5, 0.6) is 0 Å². The third kappa shape index (κ3) is 2.61. The van der Waals surface area contributed by atoms with Crippen LogP contribution in [0.4, 0.5) is 5.95 Å². The predicted octanol–water partition coefficient (Wildman–Crippen LogP) is 4.75. The summed E-state index contributed by atoms with van der Waals surface area (Å²) in [6.45, 7) is 3.25. The van der Waals surface area contributed by atoms with Gasteiger partial charge in [0.2, 0.25) is 5.95 Å². The third-order valence-electron chi connectivity index (χ3n) is 4.31. The van der Waals surface area contributed by atoms with E-state index in [0.717, 1.165) is 23.5 Å². The van der Waals surface area contributed by atoms with Gasteiger partial charge in [0.25, 0.3) is 0 Å². The Bertz CT molecular complexity index is 636. The molecule has 2 unspecified atom stereocenters. The highest BCUT2D eigenvalue weighted by Gasteiger charge is 2.21. The predicted molar refractivity (Wildman–Crippen MR) is 85.3 cm³/mol. The first-order valence-electron chi connectivity index (χ1n) is 7.15. The van der Waals surface area contributed by atoms with Gasteiger partial charge in [0, 0.05) is 6.54 Å². The van der Waals surface area contributed by atoms with Crippen molar-refractivity contribution in [3.63, 3.8) is 0 Å². The lowest BCUT2D eigenvalue weighted by atomic mass is 9.82. The molecule has 1 aliphatic rings. The fourth-order valence-electron chi connectivity index (χ4n) is 3.31. The molecule has 1 aliphatic carbocycles. The lowest BCUT2D eigenvalue weighted by Crippen LogP contribution is -2.19. The number of nitrogens with zero attached hydrogens (tertiary/aromatic N) is 2. The molecule has 0 spiro atoms. The van der Waals surface area contributed by atoms with Crippen molar-refractivity contribution in [2.24, 2.45) is 11.8 Å². The van der Waals surface area contributed by atoms with Crippen LogP contribution in [0.2, 0.25) is 10.0 Å². The zero-order valence-corrected chi connectivity index (χ0v) is 13.1. The largest absolute Gasteiger partial charge is 0.369 e. The molecule has 0 amide bonds. The second kappa shape index (κ2) is 5.45. The Kier molecular flexibility index (Phi) is 3.83. The molecule has 3 rings (SSSR count). The van der Waals surface area contributed by atoms with E-state index in [1.165, 1.54) is 25.7 Å². The van der Waals surface area contributed by atoms with Gasteiger partial charge in [0.15, 0.2) is 0 Å². The zero-order chi connectivity index (χ0) is 14.3. The molecule has 0 aliphatic heterocycles. The SMILES string of the molecule is CC1CCCC(Cn2c(N)nc3cc(Cl)c(Cl)cc32)C1. The summed E-state index contributed by atoms with van der Waals surface area (Å²) in [4.78, 5) is 4.40. The molecule has 1 aromatic heterocycles. The number of rotatable bonds is 2. The fourth-order valence-corrected chi connectivity index (χ4v) is 3.63. The smallest absolute Gasteiger partial charge is 0.201 e. The van der Waals surface area contributed by atoms with Crippen molar-refractivity contribution >= 4 is 40.2 Å². The number of nitrogen functional groups attached to an aromatic ring is 1. The molecule has 0 bridgehead atoms. The molecule has 1 heterocycles. The first kappa shape index (κ1) is 14.0. The van der Waals surface area contributed by atoms with Crippen molar-refractivity contribution in [2.45, 2.75) is 39.2 Å². The topological polar surface area (TPSA) is 43.8 Å². The number of fused-ring (bicyclic) bond motifs is 1. The first-order valence-corrected chi connectivity index (χ1v) is 7.91. The van der Waals surface area contributed by atoms with Crippen molar-refractivity contribution in [1.29, 1.82) is 0 Å². The van der Waals surface area contributed by atoms with Gasteiger partial charge in [0.1, 0.15) is 0 Å². The maximum atomic E-state index is 6.12. The van der Waals surface area contributed by atoms with Crippen molar-refractivity contribution in [2.75, 3.05) is 5.73 Å². The maximum Gasteiger partial charge on any atom is 0.201 e. The minimum absolute atomic E-state index is 0.523. The van der Waals surface area contributed by atoms with Gasteiger partial charge in [-0.2, -0.15) is 0 Å². The van der Waals surface area contributed by atoms with Gasteiger partial charge in [-0.1, -0.05) is 43.0 Å². The summed E-state index contributed by atoms with van der Waals surface area (Å²) >= 11 is 12.2. The third-order valence-corrected chi connectivity index (χ3v) is 5.03. The summed E-state index contributed by atoms with van der Waals surface area (Å²) in [7, 11) is 0. The summed E-state index contributed by atoms with van der Waals surface area (Å²) in [6.07, 6.45) is 5.19. The molecule has 0 saturated heterocycles. The van der Waals surface area contributed by atoms with Crippen molar-refractivity contribution in [3.05, 3.63) is 22.2 Å². The molecule has 108 valence electrons. The van der Waals surface area contributed by atoms with E-state index in [1.807, 2.05) is 6.07 Å². The molecular formula is C15H19Cl2N3. The average Bonchev–Trinajstić information content (AvgIpc) is 2.67. The van der Waals surface area contributed by atoms with Gasteiger partial charge in [-0.25, -0.2) is 4.98 Å². The van der Waals surface area contributed by atoms with E-state index in [4.69, 9.17) is 28.9 Å². The van der Waals surface area contributed by atoms with Gasteiger partial charge in [-0.3, -0.25) is 0 Å². The summed E-state index contributed by atoms with van der Waals surface area (Å²) in [5, 5.41) is 1.08. The number of nitrogens with two attached hydrogens (primary N) is 1. The Morgan fingerprint density at radius 3 is 2.80 bits per heavy atom. The Labute approximate surface area is 129 Å². The molecule has 5 heteroatoms. The normalized spacial score (nSPS) is 23.4. The second-order valence-electron chi connectivity index (χ2n) is 5.97. The molecule has 1 fully saturated rings. The lowest BCUT2D eigenvalue weighted by molar-refractivity contribution is 0.259. The van der Waals surface area contributed by atoms with Gasteiger partial charge in [0.05, 0.1) is 21.1 Å². The number of halogens is 2. The van der Waals surface area contributed by atoms with Crippen LogP contribution < -0.4 is 5.73 Å². The maximum absolute atomic E-state index is 6.12. The molecule has 3 nitrogen and oxygen atoms in total. The zero-order valence-electron chi connectivity index (χ0n) is 11.6. The summed E-state index contributed by atoms with van der Waals surface area (Å²) < 4.78 is 2.08. The highest BCUT2D eigenvalue weighted by molar-refractivity contribution is 6.42. The Morgan fingerprint density at radius 2 is 2.05 bits per heavy atom. The molecule has 0 radical (unpaired) electrons. The summed E-state index contributed by atoms with van der Waals surface area (Å²) in [6, 6.07) is 3.66. The molecule has 1 saturated carbocycles. The number of hydrogen-bond acceptors (Lipinski definition) is 2. The lowest BCUT2D eigenvalue weighted by Gasteiger charge is -2.27. The molecule has 1 aromatic carbocycles. The highest BCUT2D eigenvalue weighted by Crippen LogP contribution is 2.33. The van der Waals surface area contributed by atoms with Crippen molar-refractivity contribution in [3.8, 4) is 0 Å². The number of anilines is 1. The fraction of sp³-hybridized carbons (Fsp3) is 0.533. The number of aromatic nitrogens is 2. The van der Waals surface area contributed by atoms with Gasteiger partial charge in [-0.05, 0) is 36.8 Å². The number of benzene rings is 1. The van der Waals surface area contributed by atoms with Crippen LogP contribution in [0.1, 0.15) is 32.6 Å². The number of imidazole rings is 1. The Hall–Kier alpha value is -0.930. The Morgan fingerprint density at radius 1 is 1.30 bits per heavy atom. The standard InChI is InChI=1S/C15H19Cl2N3/c1-9-3-2-4-10(5-9)8-20-14-7-12(17)11(16)6-13(14)19-15(20)18/h6-7,9-10H,2-5,8H2,1H3,(H2,18,19). The van der Waals surface area contributed by atoms with Crippen LogP contribution in [0.15, 0.2) is 12.1 Å². The van der Waals surface area contributed by atoms with E-state index in [9.17, 15) is 0 Å². The monoisotopic (exact) mass is 311 g/mol. The van der Waals surface area contributed by atoms with E-state index >= 15 is 0 Å². The quantitative estimate of drug-likeness (QED) is 0.869. The van der Waals surface area contributed by atoms with E-state index < -0.39 is 0 Å². The average molecular weight is 312 g/mol. The van der Waals surface area contributed by atoms with Crippen molar-refractivity contribution < 1.29 is 0 Å². The molecule has 2 aromatic rings. The summed E-state index contributed by atoms with van der Waals surface area (Å²) in [5.74, 6) is 2.03. The molecule has 2 N–H and O–H groups in total. The molecule has 2 atom stereocenters. The first-order chi connectivity index (χ1) is 9.54. The highest BCUT2D eigenvalue weighted by atomic mass is 35.5. The van der Waals surface area contributed by atoms with Crippen LogP contribution in [0.25, 0.3) is 11.0 Å². The molecular weight excluding hydrogens is 293 g/mol. The van der Waals surface area contributed by atoms with Crippen LogP contribution in [0, 0.1) is 11.8 Å². The molecule has 20 heavy (non-hydrogen) atoms. The minimum atomic E-state index is 0.523. The second-order valence-corrected chi connectivity index (χ2v) is 6.79. The number of hydrogen-bond donors (Lipinski definition) is 1. The van der Waals surface area contributed by atoms with E-state index in [2.05, 4.69) is 16.5 Å². The van der Waals surface area contributed by atoms with Crippen LogP contribution >= 0.6 is 23.2 Å². The van der Waals surface area contributed by atoms with Crippen LogP contribution in [-0.2, 0) is 6.54 Å². The van der Waals surface area contributed by atoms with E-state index in [0.29, 0.717) is 21.9 Å². The van der Waals surface area contributed by atoms with Crippen LogP contribution in [-0.4, -0.2) is 9.55 Å². The summed E-state index contributed by atoms with van der Waals surface area (Å²) in [5.41, 5.74) is 7.87. The van der Waals surface area contributed by atoms with Crippen molar-refractivity contribution in [1.82, 2.24) is 9.55 Å². The van der Waals surface area contributed by atoms with E-state index in [-0.39, 0.29) is 0 Å². The van der Waals surface area contributed by atoms with E-state index in [1.54, 1.807) is 6.07 Å². The van der Waals surface area contributed by atoms with Gasteiger partial charge in [-0.15, -0.1) is 0 Å². The van der Waals surface area contributed by atoms with Gasteiger partial charge >= 0.3 is 0 Å². The van der Waals surface area contributed by atoms with Crippen LogP contribution in [0.3, 0.4) is 0 Å². The van der Waals surface area contributed by atoms with Gasteiger partial charge < -0.3 is 10.3 Å². The Balaban J connectivity index is 1.94. The minimum Gasteiger partial charge on any atom is -0.369 e.